The lowest BCUT2D eigenvalue weighted by Gasteiger charge is -2.09. The Labute approximate surface area is 132 Å². The maximum Gasteiger partial charge on any atom is 0.171 e. The summed E-state index contributed by atoms with van der Waals surface area (Å²) < 4.78 is 12.8. The van der Waals surface area contributed by atoms with Crippen molar-refractivity contribution in [1.82, 2.24) is 5.32 Å². The summed E-state index contributed by atoms with van der Waals surface area (Å²) in [6, 6.07) is 6.12. The number of anilines is 1. The van der Waals surface area contributed by atoms with Gasteiger partial charge >= 0.3 is 0 Å². The predicted molar refractivity (Wildman–Crippen MR) is 93.0 cm³/mol. The Bertz CT molecular complexity index is 514. The van der Waals surface area contributed by atoms with Crippen molar-refractivity contribution in [3.63, 3.8) is 0 Å². The molecule has 0 amide bonds. The number of hydrogen-bond acceptors (Lipinski definition) is 1. The van der Waals surface area contributed by atoms with Gasteiger partial charge in [0.1, 0.15) is 5.82 Å². The molecule has 0 atom stereocenters. The fourth-order valence-electron chi connectivity index (χ4n) is 1.72. The second-order valence-electron chi connectivity index (χ2n) is 5.21. The standard InChI is InChI=1S/C17H23FN2S/c1-13(2)5-4-6-14(3)11-12-19-17(21)20-16-9-7-15(18)8-10-16/h5,7-11H,4,6,12H2,1-3H3,(H2,19,20,21)/b14-11+. The molecule has 0 aliphatic carbocycles. The second kappa shape index (κ2) is 9.29. The minimum Gasteiger partial charge on any atom is -0.359 e. The Balaban J connectivity index is 2.29. The van der Waals surface area contributed by atoms with Gasteiger partial charge in [-0.3, -0.25) is 0 Å². The molecule has 0 unspecified atom stereocenters. The van der Waals surface area contributed by atoms with Crippen molar-refractivity contribution < 1.29 is 4.39 Å². The van der Waals surface area contributed by atoms with E-state index < -0.39 is 0 Å². The summed E-state index contributed by atoms with van der Waals surface area (Å²) >= 11 is 5.19. The zero-order valence-electron chi connectivity index (χ0n) is 12.9. The normalized spacial score (nSPS) is 11.0. The fourth-order valence-corrected chi connectivity index (χ4v) is 1.92. The lowest BCUT2D eigenvalue weighted by Crippen LogP contribution is -2.28. The van der Waals surface area contributed by atoms with E-state index in [9.17, 15) is 4.39 Å². The van der Waals surface area contributed by atoms with Crippen molar-refractivity contribution in [3.05, 3.63) is 53.4 Å². The summed E-state index contributed by atoms with van der Waals surface area (Å²) in [6.45, 7) is 7.03. The molecule has 0 aromatic heterocycles. The number of hydrogen-bond donors (Lipinski definition) is 2. The van der Waals surface area contributed by atoms with E-state index in [1.165, 1.54) is 23.3 Å². The highest BCUT2D eigenvalue weighted by molar-refractivity contribution is 7.80. The van der Waals surface area contributed by atoms with Crippen molar-refractivity contribution in [2.45, 2.75) is 33.6 Å². The molecule has 2 nitrogen and oxygen atoms in total. The number of rotatable bonds is 6. The SMILES string of the molecule is CC(C)=CCC/C(C)=C/CNC(=S)Nc1ccc(F)cc1. The largest absolute Gasteiger partial charge is 0.359 e. The number of thiocarbonyl (C=S) groups is 1. The van der Waals surface area contributed by atoms with E-state index in [-0.39, 0.29) is 5.82 Å². The smallest absolute Gasteiger partial charge is 0.171 e. The van der Waals surface area contributed by atoms with Gasteiger partial charge in [-0.25, -0.2) is 4.39 Å². The van der Waals surface area contributed by atoms with Gasteiger partial charge in [-0.05, 0) is 70.1 Å². The Kier molecular flexibility index (Phi) is 7.69. The molecule has 0 saturated heterocycles. The first-order valence-corrected chi connectivity index (χ1v) is 7.47. The van der Waals surface area contributed by atoms with E-state index in [4.69, 9.17) is 12.2 Å². The molecule has 0 fully saturated rings. The van der Waals surface area contributed by atoms with Gasteiger partial charge in [0.15, 0.2) is 5.11 Å². The summed E-state index contributed by atoms with van der Waals surface area (Å²) in [4.78, 5) is 0. The van der Waals surface area contributed by atoms with E-state index in [0.29, 0.717) is 11.7 Å². The molecule has 21 heavy (non-hydrogen) atoms. The molecule has 0 saturated carbocycles. The third-order valence-electron chi connectivity index (χ3n) is 2.91. The molecular weight excluding hydrogens is 283 g/mol. The first-order chi connectivity index (χ1) is 9.97. The second-order valence-corrected chi connectivity index (χ2v) is 5.62. The summed E-state index contributed by atoms with van der Waals surface area (Å²) in [7, 11) is 0. The number of benzene rings is 1. The molecule has 0 heterocycles. The maximum atomic E-state index is 12.8. The molecule has 1 rings (SSSR count). The van der Waals surface area contributed by atoms with E-state index in [2.05, 4.69) is 43.6 Å². The topological polar surface area (TPSA) is 24.1 Å². The van der Waals surface area contributed by atoms with Gasteiger partial charge in [-0.15, -0.1) is 0 Å². The van der Waals surface area contributed by atoms with Crippen LogP contribution >= 0.6 is 12.2 Å². The van der Waals surface area contributed by atoms with Gasteiger partial charge in [-0.1, -0.05) is 23.3 Å². The van der Waals surface area contributed by atoms with Gasteiger partial charge in [0, 0.05) is 12.2 Å². The Morgan fingerprint density at radius 1 is 1.14 bits per heavy atom. The summed E-state index contributed by atoms with van der Waals surface area (Å²) in [6.07, 6.45) is 6.51. The third-order valence-corrected chi connectivity index (χ3v) is 3.15. The van der Waals surface area contributed by atoms with Gasteiger partial charge in [-0.2, -0.15) is 0 Å². The van der Waals surface area contributed by atoms with Crippen LogP contribution in [0.4, 0.5) is 10.1 Å². The molecule has 1 aromatic carbocycles. The summed E-state index contributed by atoms with van der Waals surface area (Å²) in [5.41, 5.74) is 3.47. The molecule has 1 aromatic rings. The molecule has 0 radical (unpaired) electrons. The highest BCUT2D eigenvalue weighted by Gasteiger charge is 1.97. The van der Waals surface area contributed by atoms with Crippen molar-refractivity contribution in [2.75, 3.05) is 11.9 Å². The van der Waals surface area contributed by atoms with Crippen molar-refractivity contribution in [2.24, 2.45) is 0 Å². The lowest BCUT2D eigenvalue weighted by atomic mass is 10.1. The van der Waals surface area contributed by atoms with E-state index in [1.807, 2.05) is 0 Å². The van der Waals surface area contributed by atoms with Crippen LogP contribution in [0.2, 0.25) is 0 Å². The minimum absolute atomic E-state index is 0.255. The summed E-state index contributed by atoms with van der Waals surface area (Å²) in [5, 5.41) is 6.66. The Morgan fingerprint density at radius 2 is 1.81 bits per heavy atom. The molecule has 0 aliphatic rings. The minimum atomic E-state index is -0.255. The van der Waals surface area contributed by atoms with Crippen LogP contribution in [-0.2, 0) is 0 Å². The highest BCUT2D eigenvalue weighted by atomic mass is 32.1. The van der Waals surface area contributed by atoms with Crippen LogP contribution in [0.1, 0.15) is 33.6 Å². The van der Waals surface area contributed by atoms with Crippen LogP contribution in [0.15, 0.2) is 47.6 Å². The fraction of sp³-hybridized carbons (Fsp3) is 0.353. The van der Waals surface area contributed by atoms with Crippen LogP contribution in [0.5, 0.6) is 0 Å². The van der Waals surface area contributed by atoms with Crippen LogP contribution in [-0.4, -0.2) is 11.7 Å². The van der Waals surface area contributed by atoms with Crippen LogP contribution in [0, 0.1) is 5.82 Å². The monoisotopic (exact) mass is 306 g/mol. The number of halogens is 1. The average molecular weight is 306 g/mol. The van der Waals surface area contributed by atoms with Crippen molar-refractivity contribution >= 4 is 23.0 Å². The third kappa shape index (κ3) is 8.25. The molecule has 0 aliphatic heterocycles. The highest BCUT2D eigenvalue weighted by Crippen LogP contribution is 2.08. The quantitative estimate of drug-likeness (QED) is 0.583. The molecule has 114 valence electrons. The van der Waals surface area contributed by atoms with Gasteiger partial charge in [0.25, 0.3) is 0 Å². The van der Waals surface area contributed by atoms with E-state index in [1.54, 1.807) is 12.1 Å². The molecular formula is C17H23FN2S. The average Bonchev–Trinajstić information content (AvgIpc) is 2.41. The molecule has 2 N–H and O–H groups in total. The first-order valence-electron chi connectivity index (χ1n) is 7.07. The summed E-state index contributed by atoms with van der Waals surface area (Å²) in [5.74, 6) is -0.255. The predicted octanol–water partition coefficient (Wildman–Crippen LogP) is 4.80. The van der Waals surface area contributed by atoms with Crippen molar-refractivity contribution in [3.8, 4) is 0 Å². The maximum absolute atomic E-state index is 12.8. The van der Waals surface area contributed by atoms with Gasteiger partial charge in [0.2, 0.25) is 0 Å². The zero-order valence-corrected chi connectivity index (χ0v) is 13.7. The lowest BCUT2D eigenvalue weighted by molar-refractivity contribution is 0.628. The Morgan fingerprint density at radius 3 is 2.43 bits per heavy atom. The van der Waals surface area contributed by atoms with Gasteiger partial charge in [0.05, 0.1) is 0 Å². The van der Waals surface area contributed by atoms with Gasteiger partial charge < -0.3 is 10.6 Å². The number of nitrogens with one attached hydrogen (secondary N) is 2. The van der Waals surface area contributed by atoms with Crippen LogP contribution < -0.4 is 10.6 Å². The van der Waals surface area contributed by atoms with E-state index >= 15 is 0 Å². The number of allylic oxidation sites excluding steroid dienone is 3. The molecule has 4 heteroatoms. The molecule has 0 spiro atoms. The Hall–Kier alpha value is -1.68. The van der Waals surface area contributed by atoms with E-state index in [0.717, 1.165) is 18.5 Å². The zero-order chi connectivity index (χ0) is 15.7. The van der Waals surface area contributed by atoms with Crippen LogP contribution in [0.3, 0.4) is 0 Å². The van der Waals surface area contributed by atoms with Crippen molar-refractivity contribution in [1.29, 1.82) is 0 Å². The van der Waals surface area contributed by atoms with Crippen LogP contribution in [0.25, 0.3) is 0 Å². The molecule has 0 bridgehead atoms. The first kappa shape index (κ1) is 17.4.